The minimum absolute atomic E-state index is 0.187. The van der Waals surface area contributed by atoms with Crippen molar-refractivity contribution in [2.45, 2.75) is 57.5 Å². The lowest BCUT2D eigenvalue weighted by Crippen LogP contribution is -2.55. The molecule has 2 aromatic carbocycles. The van der Waals surface area contributed by atoms with Gasteiger partial charge in [0.2, 0.25) is 0 Å². The van der Waals surface area contributed by atoms with Gasteiger partial charge in [-0.15, -0.1) is 10.2 Å². The first-order chi connectivity index (χ1) is 17.9. The van der Waals surface area contributed by atoms with Gasteiger partial charge in [-0.25, -0.2) is 4.98 Å². The second-order valence-corrected chi connectivity index (χ2v) is 9.77. The molecule has 1 unspecified atom stereocenters. The number of aromatic nitrogens is 4. The van der Waals surface area contributed by atoms with Crippen LogP contribution in [0.15, 0.2) is 53.1 Å². The van der Waals surface area contributed by atoms with Gasteiger partial charge >= 0.3 is 6.18 Å². The Morgan fingerprint density at radius 3 is 2.42 bits per heavy atom. The Kier molecular flexibility index (Phi) is 6.21. The van der Waals surface area contributed by atoms with Crippen LogP contribution >= 0.6 is 0 Å². The molecule has 0 saturated heterocycles. The fourth-order valence-electron chi connectivity index (χ4n) is 4.86. The van der Waals surface area contributed by atoms with E-state index in [1.807, 2.05) is 22.8 Å². The summed E-state index contributed by atoms with van der Waals surface area (Å²) in [5, 5.41) is 20.1. The summed E-state index contributed by atoms with van der Waals surface area (Å²) in [6.07, 6.45) is -1.82. The number of alkyl halides is 3. The van der Waals surface area contributed by atoms with Crippen molar-refractivity contribution in [3.8, 4) is 34.2 Å². The van der Waals surface area contributed by atoms with E-state index in [2.05, 4.69) is 15.2 Å². The van der Waals surface area contributed by atoms with E-state index in [-0.39, 0.29) is 5.75 Å². The number of benzene rings is 2. The summed E-state index contributed by atoms with van der Waals surface area (Å²) in [5.74, 6) is 2.78. The van der Waals surface area contributed by atoms with Crippen LogP contribution in [0.1, 0.15) is 44.0 Å². The molecule has 38 heavy (non-hydrogen) atoms. The van der Waals surface area contributed by atoms with Crippen LogP contribution in [0.4, 0.5) is 13.2 Å². The largest absolute Gasteiger partial charge is 0.496 e. The van der Waals surface area contributed by atoms with Crippen molar-refractivity contribution in [1.82, 2.24) is 19.7 Å². The van der Waals surface area contributed by atoms with E-state index in [1.165, 1.54) is 12.1 Å². The predicted octanol–water partition coefficient (Wildman–Crippen LogP) is 5.77. The van der Waals surface area contributed by atoms with Crippen LogP contribution < -0.4 is 9.47 Å². The first-order valence-corrected chi connectivity index (χ1v) is 12.1. The van der Waals surface area contributed by atoms with Crippen LogP contribution in [0.2, 0.25) is 0 Å². The number of rotatable bonds is 6. The van der Waals surface area contributed by atoms with Crippen molar-refractivity contribution < 1.29 is 32.2 Å². The smallest absolute Gasteiger partial charge is 0.416 e. The van der Waals surface area contributed by atoms with E-state index in [4.69, 9.17) is 13.9 Å². The highest BCUT2D eigenvalue weighted by molar-refractivity contribution is 5.71. The molecule has 2 aromatic heterocycles. The van der Waals surface area contributed by atoms with Crippen molar-refractivity contribution in [3.63, 3.8) is 0 Å². The van der Waals surface area contributed by atoms with Crippen LogP contribution in [0.3, 0.4) is 0 Å². The summed E-state index contributed by atoms with van der Waals surface area (Å²) in [6, 6.07) is 9.95. The third-order valence-corrected chi connectivity index (χ3v) is 6.83. The Hall–Kier alpha value is -3.86. The molecule has 0 amide bonds. The Bertz CT molecular complexity index is 1450. The van der Waals surface area contributed by atoms with Gasteiger partial charge in [-0.2, -0.15) is 13.2 Å². The van der Waals surface area contributed by atoms with E-state index in [9.17, 15) is 18.3 Å². The average molecular weight is 529 g/mol. The molecule has 1 aliphatic heterocycles. The van der Waals surface area contributed by atoms with Crippen LogP contribution in [-0.4, -0.2) is 37.6 Å². The molecule has 0 saturated carbocycles. The molecular formula is C27H27F3N4O4. The molecular weight excluding hydrogens is 501 g/mol. The highest BCUT2D eigenvalue weighted by Gasteiger charge is 2.53. The van der Waals surface area contributed by atoms with Gasteiger partial charge in [0.05, 0.1) is 24.4 Å². The molecule has 0 radical (unpaired) electrons. The SMILES string of the molecule is COc1cc(-c2nnc3n2CCCC3(Oc2ccc(C(F)(F)F)cc2)C(C)(C)O)ccc1-c1cnc(C)o1. The summed E-state index contributed by atoms with van der Waals surface area (Å²) < 4.78 is 58.6. The number of halogens is 3. The fraction of sp³-hybridized carbons (Fsp3) is 0.370. The monoisotopic (exact) mass is 528 g/mol. The molecule has 4 aromatic rings. The molecule has 1 aliphatic rings. The first kappa shape index (κ1) is 25.8. The standard InChI is InChI=1S/C27H27F3N4O4/c1-16-31-15-22(37-16)20-11-6-17(14-21(20)36-4)23-32-33-24-26(25(2,3)35,12-5-13-34(23)24)38-19-9-7-18(8-10-19)27(28,29)30/h6-11,14-15,35H,5,12-13H2,1-4H3. The molecule has 5 rings (SSSR count). The summed E-state index contributed by atoms with van der Waals surface area (Å²) in [5.41, 5.74) is -2.12. The summed E-state index contributed by atoms with van der Waals surface area (Å²) in [7, 11) is 1.56. The summed E-state index contributed by atoms with van der Waals surface area (Å²) >= 11 is 0. The number of fused-ring (bicyclic) bond motifs is 1. The van der Waals surface area contributed by atoms with E-state index < -0.39 is 22.9 Å². The number of aryl methyl sites for hydroxylation is 1. The van der Waals surface area contributed by atoms with Crippen molar-refractivity contribution in [1.29, 1.82) is 0 Å². The summed E-state index contributed by atoms with van der Waals surface area (Å²) in [4.78, 5) is 4.15. The van der Waals surface area contributed by atoms with Crippen LogP contribution in [0, 0.1) is 6.92 Å². The molecule has 0 fully saturated rings. The zero-order chi connectivity index (χ0) is 27.3. The maximum atomic E-state index is 13.1. The van der Waals surface area contributed by atoms with E-state index >= 15 is 0 Å². The molecule has 0 aliphatic carbocycles. The minimum Gasteiger partial charge on any atom is -0.496 e. The Balaban J connectivity index is 1.55. The average Bonchev–Trinajstić information content (AvgIpc) is 3.50. The highest BCUT2D eigenvalue weighted by atomic mass is 19.4. The minimum atomic E-state index is -4.46. The second kappa shape index (κ2) is 9.16. The van der Waals surface area contributed by atoms with Crippen molar-refractivity contribution >= 4 is 0 Å². The molecule has 8 nitrogen and oxygen atoms in total. The number of hydrogen-bond donors (Lipinski definition) is 1. The normalized spacial score (nSPS) is 17.8. The topological polar surface area (TPSA) is 95.4 Å². The quantitative estimate of drug-likeness (QED) is 0.339. The lowest BCUT2D eigenvalue weighted by Gasteiger charge is -2.44. The second-order valence-electron chi connectivity index (χ2n) is 9.77. The maximum absolute atomic E-state index is 13.1. The molecule has 1 N–H and O–H groups in total. The van der Waals surface area contributed by atoms with Gasteiger partial charge in [-0.1, -0.05) is 6.07 Å². The Labute approximate surface area is 217 Å². The maximum Gasteiger partial charge on any atom is 0.416 e. The highest BCUT2D eigenvalue weighted by Crippen LogP contribution is 2.45. The third kappa shape index (κ3) is 4.40. The molecule has 0 bridgehead atoms. The van der Waals surface area contributed by atoms with Crippen LogP contribution in [-0.2, 0) is 18.3 Å². The lowest BCUT2D eigenvalue weighted by atomic mass is 9.79. The Morgan fingerprint density at radius 1 is 1.08 bits per heavy atom. The molecule has 0 spiro atoms. The van der Waals surface area contributed by atoms with E-state index in [1.54, 1.807) is 34.1 Å². The van der Waals surface area contributed by atoms with Gasteiger partial charge in [0.1, 0.15) is 17.1 Å². The molecule has 200 valence electrons. The molecule has 1 atom stereocenters. The van der Waals surface area contributed by atoms with Crippen molar-refractivity contribution in [2.24, 2.45) is 0 Å². The number of aliphatic hydroxyl groups is 1. The van der Waals surface area contributed by atoms with Crippen LogP contribution in [0.5, 0.6) is 11.5 Å². The number of nitrogens with zero attached hydrogens (tertiary/aromatic N) is 4. The van der Waals surface area contributed by atoms with E-state index in [0.717, 1.165) is 23.3 Å². The van der Waals surface area contributed by atoms with E-state index in [0.29, 0.717) is 48.4 Å². The zero-order valence-electron chi connectivity index (χ0n) is 21.3. The molecule has 3 heterocycles. The number of methoxy groups -OCH3 is 1. The summed E-state index contributed by atoms with van der Waals surface area (Å²) in [6.45, 7) is 5.52. The van der Waals surface area contributed by atoms with Gasteiger partial charge in [0.15, 0.2) is 28.9 Å². The van der Waals surface area contributed by atoms with Gasteiger partial charge in [0, 0.05) is 19.0 Å². The van der Waals surface area contributed by atoms with Gasteiger partial charge in [0.25, 0.3) is 0 Å². The van der Waals surface area contributed by atoms with Gasteiger partial charge in [-0.05, 0) is 63.1 Å². The molecule has 11 heteroatoms. The van der Waals surface area contributed by atoms with Gasteiger partial charge in [-0.3, -0.25) is 0 Å². The Morgan fingerprint density at radius 2 is 1.82 bits per heavy atom. The first-order valence-electron chi connectivity index (χ1n) is 12.1. The third-order valence-electron chi connectivity index (χ3n) is 6.83. The van der Waals surface area contributed by atoms with Crippen molar-refractivity contribution in [3.05, 3.63) is 65.9 Å². The predicted molar refractivity (Wildman–Crippen MR) is 132 cm³/mol. The van der Waals surface area contributed by atoms with Crippen molar-refractivity contribution in [2.75, 3.05) is 7.11 Å². The van der Waals surface area contributed by atoms with Gasteiger partial charge < -0.3 is 23.6 Å². The number of hydrogen-bond acceptors (Lipinski definition) is 7. The fourth-order valence-corrected chi connectivity index (χ4v) is 4.86. The zero-order valence-corrected chi connectivity index (χ0v) is 21.3. The lowest BCUT2D eigenvalue weighted by molar-refractivity contribution is -0.139. The number of ether oxygens (including phenoxy) is 2. The van der Waals surface area contributed by atoms with Crippen LogP contribution in [0.25, 0.3) is 22.7 Å². The number of oxazole rings is 1.